The average molecular weight is 469 g/mol. The number of amides is 1. The number of likely N-dealkylation sites (N-methyl/N-ethyl adjacent to an activating group) is 1. The van der Waals surface area contributed by atoms with Crippen LogP contribution < -0.4 is 4.74 Å². The summed E-state index contributed by atoms with van der Waals surface area (Å²) < 4.78 is 10.5. The second-order valence-electron chi connectivity index (χ2n) is 6.99. The standard InChI is InChI=1S/C24H24N2O6S/c1-4-26-21(27)20(33-24(26)25-18-10-8-17(9-11-18)22(28)29)14-16-6-12-19(13-7-16)32-15(3)23(30)31-5-2/h6-15H,4-5H2,1-3H3,(H,28,29)/b20-14+,25-24?/t15-/m1/s1. The minimum atomic E-state index is -1.01. The van der Waals surface area contributed by atoms with Crippen molar-refractivity contribution in [2.24, 2.45) is 4.99 Å². The van der Waals surface area contributed by atoms with E-state index in [1.807, 2.05) is 6.92 Å². The van der Waals surface area contributed by atoms with Gasteiger partial charge in [-0.15, -0.1) is 0 Å². The molecule has 33 heavy (non-hydrogen) atoms. The summed E-state index contributed by atoms with van der Waals surface area (Å²) in [5, 5.41) is 9.55. The fourth-order valence-electron chi connectivity index (χ4n) is 2.97. The summed E-state index contributed by atoms with van der Waals surface area (Å²) in [5.41, 5.74) is 1.53. The van der Waals surface area contributed by atoms with Gasteiger partial charge in [-0.3, -0.25) is 9.69 Å². The van der Waals surface area contributed by atoms with Gasteiger partial charge in [-0.2, -0.15) is 0 Å². The van der Waals surface area contributed by atoms with Crippen LogP contribution in [0.1, 0.15) is 36.7 Å². The first-order valence-electron chi connectivity index (χ1n) is 10.4. The molecule has 172 valence electrons. The molecule has 0 radical (unpaired) electrons. The SMILES string of the molecule is CCOC(=O)[C@@H](C)Oc1ccc(/C=C2/SC(=Nc3ccc(C(=O)O)cc3)N(CC)C2=O)cc1. The number of esters is 1. The molecule has 1 fully saturated rings. The molecule has 0 aliphatic carbocycles. The number of carbonyl (C=O) groups excluding carboxylic acids is 2. The number of carboxylic acid groups (broad SMARTS) is 1. The van der Waals surface area contributed by atoms with Crippen molar-refractivity contribution >= 4 is 46.5 Å². The van der Waals surface area contributed by atoms with Crippen LogP contribution in [0.25, 0.3) is 6.08 Å². The molecule has 0 spiro atoms. The van der Waals surface area contributed by atoms with Gasteiger partial charge in [-0.05, 0) is 80.6 Å². The highest BCUT2D eigenvalue weighted by Gasteiger charge is 2.32. The molecule has 1 amide bonds. The number of carbonyl (C=O) groups is 3. The van der Waals surface area contributed by atoms with Crippen LogP contribution >= 0.6 is 11.8 Å². The number of amidine groups is 1. The molecule has 1 saturated heterocycles. The van der Waals surface area contributed by atoms with Gasteiger partial charge < -0.3 is 14.6 Å². The number of thioether (sulfide) groups is 1. The molecule has 1 atom stereocenters. The predicted octanol–water partition coefficient (Wildman–Crippen LogP) is 4.34. The summed E-state index contributed by atoms with van der Waals surface area (Å²) in [4.78, 5) is 42.2. The molecule has 1 aliphatic rings. The average Bonchev–Trinajstić information content (AvgIpc) is 3.09. The summed E-state index contributed by atoms with van der Waals surface area (Å²) in [5.74, 6) is -1.07. The molecule has 0 unspecified atom stereocenters. The number of hydrogen-bond donors (Lipinski definition) is 1. The van der Waals surface area contributed by atoms with Crippen molar-refractivity contribution in [1.29, 1.82) is 0 Å². The predicted molar refractivity (Wildman–Crippen MR) is 127 cm³/mol. The Balaban J connectivity index is 1.75. The number of benzene rings is 2. The third-order valence-electron chi connectivity index (χ3n) is 4.65. The number of nitrogens with zero attached hydrogens (tertiary/aromatic N) is 2. The fourth-order valence-corrected chi connectivity index (χ4v) is 4.03. The van der Waals surface area contributed by atoms with Crippen molar-refractivity contribution in [3.8, 4) is 5.75 Å². The van der Waals surface area contributed by atoms with E-state index in [2.05, 4.69) is 4.99 Å². The lowest BCUT2D eigenvalue weighted by Crippen LogP contribution is -2.28. The molecule has 2 aromatic rings. The number of ether oxygens (including phenoxy) is 2. The smallest absolute Gasteiger partial charge is 0.347 e. The van der Waals surface area contributed by atoms with E-state index < -0.39 is 18.0 Å². The van der Waals surface area contributed by atoms with Crippen molar-refractivity contribution in [3.05, 3.63) is 64.6 Å². The van der Waals surface area contributed by atoms with E-state index in [-0.39, 0.29) is 11.5 Å². The lowest BCUT2D eigenvalue weighted by molar-refractivity contribution is -0.150. The zero-order valence-electron chi connectivity index (χ0n) is 18.5. The zero-order valence-corrected chi connectivity index (χ0v) is 19.3. The van der Waals surface area contributed by atoms with Gasteiger partial charge in [-0.25, -0.2) is 14.6 Å². The lowest BCUT2D eigenvalue weighted by Gasteiger charge is -2.13. The maximum Gasteiger partial charge on any atom is 0.347 e. The van der Waals surface area contributed by atoms with Crippen LogP contribution in [-0.4, -0.2) is 52.3 Å². The zero-order chi connectivity index (χ0) is 24.0. The van der Waals surface area contributed by atoms with Crippen molar-refractivity contribution < 1.29 is 29.0 Å². The Hall–Kier alpha value is -3.59. The van der Waals surface area contributed by atoms with Crippen molar-refractivity contribution in [1.82, 2.24) is 4.90 Å². The summed E-state index contributed by atoms with van der Waals surface area (Å²) in [6, 6.07) is 13.2. The highest BCUT2D eigenvalue weighted by Crippen LogP contribution is 2.34. The number of hydrogen-bond acceptors (Lipinski definition) is 7. The maximum atomic E-state index is 12.8. The van der Waals surface area contributed by atoms with Gasteiger partial charge in [0.15, 0.2) is 11.3 Å². The molecule has 2 aromatic carbocycles. The van der Waals surface area contributed by atoms with E-state index in [1.54, 1.807) is 61.2 Å². The maximum absolute atomic E-state index is 12.8. The minimum absolute atomic E-state index is 0.153. The Morgan fingerprint density at radius 2 is 1.79 bits per heavy atom. The Bertz CT molecular complexity index is 1090. The Labute approximate surface area is 195 Å². The molecule has 0 saturated carbocycles. The van der Waals surface area contributed by atoms with Gasteiger partial charge >= 0.3 is 11.9 Å². The van der Waals surface area contributed by atoms with E-state index >= 15 is 0 Å². The molecule has 1 aliphatic heterocycles. The second-order valence-corrected chi connectivity index (χ2v) is 8.00. The molecular weight excluding hydrogens is 444 g/mol. The van der Waals surface area contributed by atoms with Gasteiger partial charge in [0.1, 0.15) is 5.75 Å². The highest BCUT2D eigenvalue weighted by molar-refractivity contribution is 8.18. The first-order valence-corrected chi connectivity index (χ1v) is 11.2. The van der Waals surface area contributed by atoms with Crippen LogP contribution in [0.5, 0.6) is 5.75 Å². The Morgan fingerprint density at radius 3 is 2.36 bits per heavy atom. The number of carboxylic acids is 1. The van der Waals surface area contributed by atoms with Crippen LogP contribution in [0, 0.1) is 0 Å². The summed E-state index contributed by atoms with van der Waals surface area (Å²) in [6.07, 6.45) is 1.05. The molecule has 9 heteroatoms. The molecule has 1 heterocycles. The highest BCUT2D eigenvalue weighted by atomic mass is 32.2. The third-order valence-corrected chi connectivity index (χ3v) is 5.66. The summed E-state index contributed by atoms with van der Waals surface area (Å²) in [6.45, 7) is 5.96. The van der Waals surface area contributed by atoms with E-state index in [4.69, 9.17) is 14.6 Å². The first kappa shape index (κ1) is 24.1. The van der Waals surface area contributed by atoms with E-state index in [0.29, 0.717) is 34.7 Å². The second kappa shape index (κ2) is 10.8. The third kappa shape index (κ3) is 6.01. The number of aliphatic imine (C=N–C) groups is 1. The van der Waals surface area contributed by atoms with Crippen molar-refractivity contribution in [2.45, 2.75) is 26.9 Å². The number of aromatic carboxylic acids is 1. The molecule has 1 N–H and O–H groups in total. The van der Waals surface area contributed by atoms with E-state index in [0.717, 1.165) is 5.56 Å². The molecular formula is C24H24N2O6S. The minimum Gasteiger partial charge on any atom is -0.479 e. The van der Waals surface area contributed by atoms with Gasteiger partial charge in [0, 0.05) is 6.54 Å². The van der Waals surface area contributed by atoms with Crippen LogP contribution in [0.3, 0.4) is 0 Å². The lowest BCUT2D eigenvalue weighted by atomic mass is 10.2. The Morgan fingerprint density at radius 1 is 1.12 bits per heavy atom. The topological polar surface area (TPSA) is 106 Å². The van der Waals surface area contributed by atoms with Gasteiger partial charge in [0.2, 0.25) is 0 Å². The monoisotopic (exact) mass is 468 g/mol. The molecule has 3 rings (SSSR count). The van der Waals surface area contributed by atoms with Crippen LogP contribution in [0.2, 0.25) is 0 Å². The van der Waals surface area contributed by atoms with Crippen molar-refractivity contribution in [3.63, 3.8) is 0 Å². The fraction of sp³-hybridized carbons (Fsp3) is 0.250. The molecule has 0 bridgehead atoms. The first-order chi connectivity index (χ1) is 15.8. The van der Waals surface area contributed by atoms with Crippen LogP contribution in [0.15, 0.2) is 58.4 Å². The van der Waals surface area contributed by atoms with E-state index in [9.17, 15) is 14.4 Å². The summed E-state index contributed by atoms with van der Waals surface area (Å²) in [7, 11) is 0. The van der Waals surface area contributed by atoms with Crippen LogP contribution in [-0.2, 0) is 14.3 Å². The number of rotatable bonds is 8. The molecule has 8 nitrogen and oxygen atoms in total. The van der Waals surface area contributed by atoms with E-state index in [1.165, 1.54) is 23.9 Å². The molecule has 0 aromatic heterocycles. The Kier molecular flexibility index (Phi) is 7.89. The van der Waals surface area contributed by atoms with Crippen molar-refractivity contribution in [2.75, 3.05) is 13.2 Å². The van der Waals surface area contributed by atoms with Gasteiger partial charge in [0.05, 0.1) is 22.8 Å². The van der Waals surface area contributed by atoms with Gasteiger partial charge in [0.25, 0.3) is 5.91 Å². The largest absolute Gasteiger partial charge is 0.479 e. The van der Waals surface area contributed by atoms with Crippen LogP contribution in [0.4, 0.5) is 5.69 Å². The quantitative estimate of drug-likeness (QED) is 0.454. The van der Waals surface area contributed by atoms with Gasteiger partial charge in [-0.1, -0.05) is 12.1 Å². The summed E-state index contributed by atoms with van der Waals surface area (Å²) >= 11 is 1.25. The normalized spacial score (nSPS) is 16.8.